The maximum absolute atomic E-state index is 12.6. The fourth-order valence-electron chi connectivity index (χ4n) is 2.72. The molecule has 2 aromatic carbocycles. The summed E-state index contributed by atoms with van der Waals surface area (Å²) in [6.45, 7) is 0. The molecule has 3 aromatic rings. The van der Waals surface area contributed by atoms with Gasteiger partial charge in [-0.3, -0.25) is 9.59 Å². The van der Waals surface area contributed by atoms with Crippen LogP contribution in [0.4, 0.5) is 0 Å². The van der Waals surface area contributed by atoms with Crippen LogP contribution in [0.5, 0.6) is 0 Å². The van der Waals surface area contributed by atoms with E-state index in [1.807, 2.05) is 30.3 Å². The molecule has 0 fully saturated rings. The molecule has 1 heterocycles. The Morgan fingerprint density at radius 2 is 1.96 bits per heavy atom. The summed E-state index contributed by atoms with van der Waals surface area (Å²) in [6, 6.07) is 12.8. The van der Waals surface area contributed by atoms with Crippen LogP contribution in [0, 0.1) is 3.57 Å². The summed E-state index contributed by atoms with van der Waals surface area (Å²) in [5, 5.41) is 10.5. The van der Waals surface area contributed by atoms with E-state index < -0.39 is 11.9 Å². The van der Waals surface area contributed by atoms with Gasteiger partial charge >= 0.3 is 5.97 Å². The largest absolute Gasteiger partial charge is 0.481 e. The highest BCUT2D eigenvalue weighted by Crippen LogP contribution is 2.30. The number of fused-ring (bicyclic) bond motifs is 1. The van der Waals surface area contributed by atoms with Crippen LogP contribution < -0.4 is 0 Å². The number of carboxylic acid groups (broad SMARTS) is 1. The molecule has 2 N–H and O–H groups in total. The lowest BCUT2D eigenvalue weighted by Gasteiger charge is -2.12. The first-order chi connectivity index (χ1) is 11.5. The fourth-order valence-corrected chi connectivity index (χ4v) is 4.33. The Bertz CT molecular complexity index is 935. The van der Waals surface area contributed by atoms with Gasteiger partial charge in [-0.2, -0.15) is 0 Å². The topological polar surface area (TPSA) is 70.2 Å². The van der Waals surface area contributed by atoms with E-state index in [4.69, 9.17) is 0 Å². The third kappa shape index (κ3) is 3.39. The number of aliphatic carboxylic acids is 1. The number of aromatic amines is 1. The Balaban J connectivity index is 1.95. The average Bonchev–Trinajstić information content (AvgIpc) is 2.96. The molecule has 122 valence electrons. The summed E-state index contributed by atoms with van der Waals surface area (Å²) in [5.74, 6) is -2.06. The highest BCUT2D eigenvalue weighted by Gasteiger charge is 2.27. The lowest BCUT2D eigenvalue weighted by Crippen LogP contribution is -2.16. The van der Waals surface area contributed by atoms with Crippen molar-refractivity contribution in [2.24, 2.45) is 0 Å². The maximum Gasteiger partial charge on any atom is 0.311 e. The lowest BCUT2D eigenvalue weighted by molar-refractivity contribution is -0.138. The first kappa shape index (κ1) is 17.2. The molecule has 0 radical (unpaired) electrons. The van der Waals surface area contributed by atoms with Crippen LogP contribution in [0.15, 0.2) is 53.1 Å². The summed E-state index contributed by atoms with van der Waals surface area (Å²) in [6.07, 6.45) is 1.61. The monoisotopic (exact) mass is 497 g/mol. The predicted molar refractivity (Wildman–Crippen MR) is 104 cm³/mol. The average molecular weight is 498 g/mol. The van der Waals surface area contributed by atoms with Crippen molar-refractivity contribution in [3.05, 3.63) is 67.8 Å². The number of hydrogen-bond acceptors (Lipinski definition) is 2. The van der Waals surface area contributed by atoms with Gasteiger partial charge in [0.05, 0.1) is 5.92 Å². The van der Waals surface area contributed by atoms with E-state index in [-0.39, 0.29) is 12.2 Å². The molecule has 0 aliphatic rings. The number of carbonyl (C=O) groups excluding carboxylic acids is 1. The van der Waals surface area contributed by atoms with Gasteiger partial charge in [0, 0.05) is 37.1 Å². The van der Waals surface area contributed by atoms with E-state index in [1.165, 1.54) is 0 Å². The van der Waals surface area contributed by atoms with Gasteiger partial charge in [0.1, 0.15) is 0 Å². The van der Waals surface area contributed by atoms with E-state index in [0.717, 1.165) is 18.9 Å². The Labute approximate surface area is 160 Å². The highest BCUT2D eigenvalue weighted by molar-refractivity contribution is 14.1. The van der Waals surface area contributed by atoms with Crippen molar-refractivity contribution in [1.82, 2.24) is 4.98 Å². The zero-order chi connectivity index (χ0) is 17.3. The first-order valence-corrected chi connectivity index (χ1v) is 9.11. The number of H-pyrrole nitrogens is 1. The third-order valence-corrected chi connectivity index (χ3v) is 5.30. The number of Topliss-reactive ketones (excluding diaryl/α,β-unsaturated/α-hetero) is 1. The summed E-state index contributed by atoms with van der Waals surface area (Å²) in [4.78, 5) is 27.5. The van der Waals surface area contributed by atoms with E-state index in [1.54, 1.807) is 18.3 Å². The molecule has 0 saturated heterocycles. The van der Waals surface area contributed by atoms with Gasteiger partial charge in [0.15, 0.2) is 5.78 Å². The minimum Gasteiger partial charge on any atom is -0.481 e. The molecular weight excluding hydrogens is 485 g/mol. The molecule has 0 amide bonds. The van der Waals surface area contributed by atoms with Gasteiger partial charge in [-0.15, -0.1) is 0 Å². The molecule has 0 aliphatic heterocycles. The molecular formula is C18H13BrINO3. The normalized spacial score (nSPS) is 12.2. The minimum absolute atomic E-state index is 0.0746. The van der Waals surface area contributed by atoms with Crippen molar-refractivity contribution in [3.8, 4) is 0 Å². The number of carboxylic acids is 1. The molecule has 0 bridgehead atoms. The summed E-state index contributed by atoms with van der Waals surface area (Å²) < 4.78 is 1.69. The number of hydrogen-bond donors (Lipinski definition) is 2. The van der Waals surface area contributed by atoms with Crippen LogP contribution in [-0.2, 0) is 4.79 Å². The predicted octanol–water partition coefficient (Wildman–Crippen LogP) is 4.98. The van der Waals surface area contributed by atoms with Gasteiger partial charge in [0.25, 0.3) is 0 Å². The number of halogens is 2. The standard InChI is InChI=1S/C18H13BrINO3/c19-10-5-6-12(15(20)7-10)17(22)8-13(18(23)24)14-9-21-16-4-2-1-3-11(14)16/h1-7,9,13,21H,8H2,(H,23,24). The van der Waals surface area contributed by atoms with Crippen LogP contribution in [0.3, 0.4) is 0 Å². The first-order valence-electron chi connectivity index (χ1n) is 7.24. The smallest absolute Gasteiger partial charge is 0.311 e. The lowest BCUT2D eigenvalue weighted by atomic mass is 9.91. The Kier molecular flexibility index (Phi) is 5.05. The number of benzene rings is 2. The zero-order valence-electron chi connectivity index (χ0n) is 12.4. The molecule has 0 saturated carbocycles. The molecule has 1 unspecified atom stereocenters. The van der Waals surface area contributed by atoms with Crippen molar-refractivity contribution in [3.63, 3.8) is 0 Å². The molecule has 6 heteroatoms. The summed E-state index contributed by atoms with van der Waals surface area (Å²) in [5.41, 5.74) is 2.05. The van der Waals surface area contributed by atoms with Crippen molar-refractivity contribution in [1.29, 1.82) is 0 Å². The maximum atomic E-state index is 12.6. The molecule has 3 rings (SSSR count). The SMILES string of the molecule is O=C(CC(C(=O)O)c1c[nH]c2ccccc12)c1ccc(Br)cc1I. The number of para-hydroxylation sites is 1. The second kappa shape index (κ2) is 7.06. The fraction of sp³-hybridized carbons (Fsp3) is 0.111. The van der Waals surface area contributed by atoms with Gasteiger partial charge in [-0.05, 0) is 52.4 Å². The number of aromatic nitrogens is 1. The number of ketones is 1. The van der Waals surface area contributed by atoms with E-state index in [9.17, 15) is 14.7 Å². The van der Waals surface area contributed by atoms with Gasteiger partial charge in [-0.25, -0.2) is 0 Å². The Morgan fingerprint density at radius 1 is 1.21 bits per heavy atom. The summed E-state index contributed by atoms with van der Waals surface area (Å²) >= 11 is 5.45. The molecule has 0 aliphatic carbocycles. The quantitative estimate of drug-likeness (QED) is 0.386. The van der Waals surface area contributed by atoms with Gasteiger partial charge in [0.2, 0.25) is 0 Å². The third-order valence-electron chi connectivity index (χ3n) is 3.92. The summed E-state index contributed by atoms with van der Waals surface area (Å²) in [7, 11) is 0. The second-order valence-electron chi connectivity index (χ2n) is 5.43. The molecule has 1 aromatic heterocycles. The van der Waals surface area contributed by atoms with Crippen molar-refractivity contribution >= 4 is 61.2 Å². The van der Waals surface area contributed by atoms with Crippen LogP contribution in [0.2, 0.25) is 0 Å². The Hall–Kier alpha value is -1.67. The number of carbonyl (C=O) groups is 2. The van der Waals surface area contributed by atoms with Gasteiger partial charge < -0.3 is 10.1 Å². The second-order valence-corrected chi connectivity index (χ2v) is 7.51. The molecule has 24 heavy (non-hydrogen) atoms. The van der Waals surface area contributed by atoms with Crippen molar-refractivity contribution in [2.75, 3.05) is 0 Å². The van der Waals surface area contributed by atoms with Crippen LogP contribution in [0.1, 0.15) is 28.3 Å². The minimum atomic E-state index is -1.000. The van der Waals surface area contributed by atoms with Crippen molar-refractivity contribution < 1.29 is 14.7 Å². The van der Waals surface area contributed by atoms with E-state index in [2.05, 4.69) is 43.5 Å². The number of rotatable bonds is 5. The molecule has 1 atom stereocenters. The zero-order valence-corrected chi connectivity index (χ0v) is 16.2. The highest BCUT2D eigenvalue weighted by atomic mass is 127. The van der Waals surface area contributed by atoms with E-state index >= 15 is 0 Å². The van der Waals surface area contributed by atoms with Crippen LogP contribution >= 0.6 is 38.5 Å². The Morgan fingerprint density at radius 3 is 2.67 bits per heavy atom. The van der Waals surface area contributed by atoms with Crippen LogP contribution in [-0.4, -0.2) is 21.8 Å². The van der Waals surface area contributed by atoms with Gasteiger partial charge in [-0.1, -0.05) is 34.1 Å². The number of nitrogens with one attached hydrogen (secondary N) is 1. The molecule has 4 nitrogen and oxygen atoms in total. The van der Waals surface area contributed by atoms with E-state index in [0.29, 0.717) is 11.1 Å². The van der Waals surface area contributed by atoms with Crippen molar-refractivity contribution in [2.45, 2.75) is 12.3 Å². The van der Waals surface area contributed by atoms with Crippen LogP contribution in [0.25, 0.3) is 10.9 Å². The molecule has 0 spiro atoms.